The van der Waals surface area contributed by atoms with E-state index >= 15 is 0 Å². The Kier molecular flexibility index (Phi) is 2.96. The van der Waals surface area contributed by atoms with Crippen molar-refractivity contribution in [3.8, 4) is 5.75 Å². The molecule has 4 rings (SSSR count). The van der Waals surface area contributed by atoms with E-state index in [1.54, 1.807) is 17.0 Å². The lowest BCUT2D eigenvalue weighted by Gasteiger charge is -2.29. The van der Waals surface area contributed by atoms with Crippen molar-refractivity contribution < 1.29 is 9.90 Å². The largest absolute Gasteiger partial charge is 0.508 e. The third-order valence-corrected chi connectivity index (χ3v) is 5.02. The highest BCUT2D eigenvalue weighted by Gasteiger charge is 2.30. The van der Waals surface area contributed by atoms with Gasteiger partial charge in [-0.3, -0.25) is 4.79 Å². The summed E-state index contributed by atoms with van der Waals surface area (Å²) < 4.78 is 0. The molecule has 0 bridgehead atoms. The number of hydrogen-bond acceptors (Lipinski definition) is 4. The highest BCUT2D eigenvalue weighted by atomic mass is 32.1. The minimum absolute atomic E-state index is 0.0431. The molecule has 2 heterocycles. The van der Waals surface area contributed by atoms with Gasteiger partial charge in [-0.25, -0.2) is 4.98 Å². The molecule has 1 aliphatic carbocycles. The molecule has 0 atom stereocenters. The summed E-state index contributed by atoms with van der Waals surface area (Å²) in [5.74, 6) is 0.807. The Morgan fingerprint density at radius 1 is 1.38 bits per heavy atom. The van der Waals surface area contributed by atoms with Crippen LogP contribution in [0.2, 0.25) is 0 Å². The Balaban J connectivity index is 1.67. The summed E-state index contributed by atoms with van der Waals surface area (Å²) in [6.07, 6.45) is 4.07. The van der Waals surface area contributed by atoms with E-state index in [0.717, 1.165) is 29.8 Å². The van der Waals surface area contributed by atoms with Crippen LogP contribution in [0.25, 0.3) is 0 Å². The topological polar surface area (TPSA) is 53.4 Å². The lowest BCUT2D eigenvalue weighted by atomic mass is 10.0. The molecule has 2 aromatic rings. The maximum absolute atomic E-state index is 12.7. The Bertz CT molecular complexity index is 706. The van der Waals surface area contributed by atoms with Gasteiger partial charge in [-0.1, -0.05) is 6.07 Å². The molecule has 108 valence electrons. The van der Waals surface area contributed by atoms with Crippen LogP contribution in [0.1, 0.15) is 46.2 Å². The van der Waals surface area contributed by atoms with E-state index in [1.807, 2.05) is 11.4 Å². The fraction of sp³-hybridized carbons (Fsp3) is 0.375. The van der Waals surface area contributed by atoms with Crippen molar-refractivity contribution >= 4 is 22.9 Å². The molecule has 0 radical (unpaired) electrons. The molecule has 0 saturated heterocycles. The first kappa shape index (κ1) is 12.8. The first-order chi connectivity index (χ1) is 10.2. The Morgan fingerprint density at radius 2 is 2.24 bits per heavy atom. The van der Waals surface area contributed by atoms with Crippen molar-refractivity contribution in [2.45, 2.75) is 31.6 Å². The van der Waals surface area contributed by atoms with Gasteiger partial charge in [0.25, 0.3) is 5.91 Å². The maximum Gasteiger partial charge on any atom is 0.287 e. The van der Waals surface area contributed by atoms with Gasteiger partial charge in [0.15, 0.2) is 5.01 Å². The van der Waals surface area contributed by atoms with Crippen molar-refractivity contribution in [3.05, 3.63) is 39.8 Å². The number of thiazole rings is 1. The molecular formula is C16H16N2O2S. The fourth-order valence-corrected chi connectivity index (χ4v) is 3.73. The number of fused-ring (bicyclic) bond motifs is 1. The zero-order valence-electron chi connectivity index (χ0n) is 11.6. The van der Waals surface area contributed by atoms with Gasteiger partial charge in [0, 0.05) is 23.4 Å². The first-order valence-electron chi connectivity index (χ1n) is 7.32. The minimum atomic E-state index is -0.0431. The number of hydrogen-bond donors (Lipinski definition) is 1. The number of benzene rings is 1. The van der Waals surface area contributed by atoms with Crippen LogP contribution in [0.15, 0.2) is 23.6 Å². The predicted octanol–water partition coefficient (Wildman–Crippen LogP) is 3.32. The zero-order valence-corrected chi connectivity index (χ0v) is 12.4. The molecule has 1 amide bonds. The van der Waals surface area contributed by atoms with Crippen molar-refractivity contribution in [1.82, 2.24) is 4.98 Å². The molecule has 1 aromatic carbocycles. The number of carbonyl (C=O) groups is 1. The zero-order chi connectivity index (χ0) is 14.4. The lowest BCUT2D eigenvalue weighted by molar-refractivity contribution is 0.0984. The quantitative estimate of drug-likeness (QED) is 0.925. The van der Waals surface area contributed by atoms with Crippen molar-refractivity contribution in [3.63, 3.8) is 0 Å². The fourth-order valence-electron chi connectivity index (χ4n) is 2.88. The third kappa shape index (κ3) is 2.21. The number of phenols is 1. The third-order valence-electron chi connectivity index (χ3n) is 4.17. The van der Waals surface area contributed by atoms with E-state index in [0.29, 0.717) is 17.5 Å². The maximum atomic E-state index is 12.7. The summed E-state index contributed by atoms with van der Waals surface area (Å²) in [6, 6.07) is 5.38. The molecule has 1 N–H and O–H groups in total. The standard InChI is InChI=1S/C16H16N2O2S/c19-14-5-1-4-13-11(14)3-2-8-18(13)16(20)15-17-12(9-21-15)10-6-7-10/h1,4-5,9-10,19H,2-3,6-8H2. The lowest BCUT2D eigenvalue weighted by Crippen LogP contribution is -2.35. The summed E-state index contributed by atoms with van der Waals surface area (Å²) in [7, 11) is 0. The van der Waals surface area contributed by atoms with Crippen molar-refractivity contribution in [2.24, 2.45) is 0 Å². The highest BCUT2D eigenvalue weighted by Crippen LogP contribution is 2.40. The van der Waals surface area contributed by atoms with Gasteiger partial charge in [0.2, 0.25) is 0 Å². The Morgan fingerprint density at radius 3 is 3.05 bits per heavy atom. The number of amides is 1. The van der Waals surface area contributed by atoms with E-state index in [-0.39, 0.29) is 11.7 Å². The van der Waals surface area contributed by atoms with E-state index in [9.17, 15) is 9.90 Å². The van der Waals surface area contributed by atoms with Gasteiger partial charge < -0.3 is 10.0 Å². The molecule has 4 nitrogen and oxygen atoms in total. The summed E-state index contributed by atoms with van der Waals surface area (Å²) >= 11 is 1.43. The molecule has 2 aliphatic rings. The van der Waals surface area contributed by atoms with Crippen LogP contribution < -0.4 is 4.90 Å². The second kappa shape index (κ2) is 4.84. The summed E-state index contributed by atoms with van der Waals surface area (Å²) in [4.78, 5) is 19.0. The number of rotatable bonds is 2. The average molecular weight is 300 g/mol. The molecule has 0 unspecified atom stereocenters. The molecule has 0 spiro atoms. The van der Waals surface area contributed by atoms with E-state index < -0.39 is 0 Å². The van der Waals surface area contributed by atoms with Gasteiger partial charge in [0.05, 0.1) is 11.4 Å². The van der Waals surface area contributed by atoms with Crippen LogP contribution in [-0.4, -0.2) is 22.5 Å². The Hall–Kier alpha value is -1.88. The molecule has 1 aliphatic heterocycles. The number of aromatic hydroxyl groups is 1. The van der Waals surface area contributed by atoms with Crippen LogP contribution in [0.5, 0.6) is 5.75 Å². The van der Waals surface area contributed by atoms with Gasteiger partial charge in [0.1, 0.15) is 5.75 Å². The molecule has 1 saturated carbocycles. The normalized spacial score (nSPS) is 17.6. The minimum Gasteiger partial charge on any atom is -0.508 e. The van der Waals surface area contributed by atoms with Crippen LogP contribution in [0.4, 0.5) is 5.69 Å². The van der Waals surface area contributed by atoms with Crippen LogP contribution >= 0.6 is 11.3 Å². The molecule has 1 aromatic heterocycles. The first-order valence-corrected chi connectivity index (χ1v) is 8.20. The molecular weight excluding hydrogens is 284 g/mol. The SMILES string of the molecule is O=C(c1nc(C2CC2)cs1)N1CCCc2c(O)cccc21. The van der Waals surface area contributed by atoms with Crippen LogP contribution in [0, 0.1) is 0 Å². The van der Waals surface area contributed by atoms with E-state index in [4.69, 9.17) is 0 Å². The number of carbonyl (C=O) groups excluding carboxylic acids is 1. The van der Waals surface area contributed by atoms with Crippen LogP contribution in [0.3, 0.4) is 0 Å². The summed E-state index contributed by atoms with van der Waals surface area (Å²) in [5, 5.41) is 12.5. The second-order valence-electron chi connectivity index (χ2n) is 5.69. The van der Waals surface area contributed by atoms with Crippen molar-refractivity contribution in [2.75, 3.05) is 11.4 Å². The van der Waals surface area contributed by atoms with Gasteiger partial charge in [-0.2, -0.15) is 0 Å². The predicted molar refractivity (Wildman–Crippen MR) is 82.2 cm³/mol. The number of anilines is 1. The van der Waals surface area contributed by atoms with Gasteiger partial charge in [-0.15, -0.1) is 11.3 Å². The van der Waals surface area contributed by atoms with E-state index in [1.165, 1.54) is 24.2 Å². The average Bonchev–Trinajstić information content (AvgIpc) is 3.24. The smallest absolute Gasteiger partial charge is 0.287 e. The number of phenolic OH excluding ortho intramolecular Hbond substituents is 1. The molecule has 5 heteroatoms. The number of nitrogens with zero attached hydrogens (tertiary/aromatic N) is 2. The van der Waals surface area contributed by atoms with Crippen LogP contribution in [-0.2, 0) is 6.42 Å². The molecule has 1 fully saturated rings. The van der Waals surface area contributed by atoms with Gasteiger partial charge >= 0.3 is 0 Å². The second-order valence-corrected chi connectivity index (χ2v) is 6.55. The monoisotopic (exact) mass is 300 g/mol. The van der Waals surface area contributed by atoms with Crippen molar-refractivity contribution in [1.29, 1.82) is 0 Å². The number of aromatic nitrogens is 1. The summed E-state index contributed by atoms with van der Waals surface area (Å²) in [5.41, 5.74) is 2.77. The van der Waals surface area contributed by atoms with Gasteiger partial charge in [-0.05, 0) is 37.8 Å². The Labute approximate surface area is 127 Å². The summed E-state index contributed by atoms with van der Waals surface area (Å²) in [6.45, 7) is 0.688. The molecule has 21 heavy (non-hydrogen) atoms. The highest BCUT2D eigenvalue weighted by molar-refractivity contribution is 7.11. The van der Waals surface area contributed by atoms with E-state index in [2.05, 4.69) is 4.98 Å².